The van der Waals surface area contributed by atoms with E-state index in [0.717, 1.165) is 45.1 Å². The normalized spacial score (nSPS) is 19.5. The minimum Gasteiger partial charge on any atom is -0.353 e. The third kappa shape index (κ3) is 10.3. The van der Waals surface area contributed by atoms with Crippen LogP contribution in [-0.4, -0.2) is 19.5 Å². The van der Waals surface area contributed by atoms with Gasteiger partial charge < -0.3 is 9.47 Å². The fourth-order valence-corrected chi connectivity index (χ4v) is 2.61. The van der Waals surface area contributed by atoms with Crippen LogP contribution in [0.15, 0.2) is 47.6 Å². The highest BCUT2D eigenvalue weighted by Gasteiger charge is 2.14. The zero-order valence-electron chi connectivity index (χ0n) is 15.3. The summed E-state index contributed by atoms with van der Waals surface area (Å²) in [4.78, 5) is 0. The van der Waals surface area contributed by atoms with E-state index in [1.54, 1.807) is 0 Å². The van der Waals surface area contributed by atoms with E-state index < -0.39 is 0 Å². The molecule has 2 nitrogen and oxygen atoms in total. The van der Waals surface area contributed by atoms with Gasteiger partial charge >= 0.3 is 0 Å². The average molecular weight is 319 g/mol. The monoisotopic (exact) mass is 318 g/mol. The van der Waals surface area contributed by atoms with Gasteiger partial charge in [-0.3, -0.25) is 0 Å². The van der Waals surface area contributed by atoms with Gasteiger partial charge in [0.1, 0.15) is 0 Å². The van der Waals surface area contributed by atoms with Crippen molar-refractivity contribution in [3.63, 3.8) is 0 Å². The Hall–Kier alpha value is -1.12. The Morgan fingerprint density at radius 3 is 2.57 bits per heavy atom. The van der Waals surface area contributed by atoms with Crippen LogP contribution in [0.5, 0.6) is 0 Å². The average Bonchev–Trinajstić information content (AvgIpc) is 2.53. The molecule has 0 aliphatic carbocycles. The molecular formula is C21H34O2. The highest BCUT2D eigenvalue weighted by Crippen LogP contribution is 2.17. The Balaban J connectivity index is 2.47. The lowest BCUT2D eigenvalue weighted by molar-refractivity contribution is -0.157. The van der Waals surface area contributed by atoms with Crippen LogP contribution in [0.3, 0.4) is 0 Å². The second-order valence-corrected chi connectivity index (χ2v) is 6.58. The van der Waals surface area contributed by atoms with Crippen molar-refractivity contribution in [3.05, 3.63) is 47.6 Å². The Morgan fingerprint density at radius 2 is 1.91 bits per heavy atom. The van der Waals surface area contributed by atoms with E-state index in [1.807, 2.05) is 6.08 Å². The molecule has 0 radical (unpaired) electrons. The molecule has 130 valence electrons. The van der Waals surface area contributed by atoms with Crippen molar-refractivity contribution in [2.45, 2.75) is 72.0 Å². The molecule has 0 aromatic heterocycles. The van der Waals surface area contributed by atoms with Crippen molar-refractivity contribution < 1.29 is 9.47 Å². The van der Waals surface area contributed by atoms with Crippen LogP contribution in [0.25, 0.3) is 0 Å². The Labute approximate surface area is 143 Å². The molecule has 1 aliphatic rings. The predicted octanol–water partition coefficient (Wildman–Crippen LogP) is 6.11. The van der Waals surface area contributed by atoms with Crippen LogP contribution in [0, 0.1) is 0 Å². The topological polar surface area (TPSA) is 18.5 Å². The van der Waals surface area contributed by atoms with Crippen molar-refractivity contribution in [1.82, 2.24) is 0 Å². The van der Waals surface area contributed by atoms with Gasteiger partial charge in [0.2, 0.25) is 0 Å². The lowest BCUT2D eigenvalue weighted by atomic mass is 10.1. The molecule has 0 spiro atoms. The summed E-state index contributed by atoms with van der Waals surface area (Å²) in [6, 6.07) is 0. The number of ether oxygens (including phenoxy) is 2. The van der Waals surface area contributed by atoms with Gasteiger partial charge in [-0.1, -0.05) is 42.0 Å². The molecule has 1 atom stereocenters. The molecule has 1 heterocycles. The molecule has 1 saturated heterocycles. The molecule has 0 N–H and O–H groups in total. The number of rotatable bonds is 10. The fraction of sp³-hybridized carbons (Fsp3) is 0.619. The van der Waals surface area contributed by atoms with Gasteiger partial charge in [0.25, 0.3) is 0 Å². The maximum absolute atomic E-state index is 5.97. The SMILES string of the molecule is C=C/C=C(\C)CC/C=C(\CCC=C(C)C)COC1CCCCO1. The molecule has 0 bridgehead atoms. The van der Waals surface area contributed by atoms with Crippen molar-refractivity contribution in [3.8, 4) is 0 Å². The molecule has 0 saturated carbocycles. The van der Waals surface area contributed by atoms with Crippen LogP contribution >= 0.6 is 0 Å². The summed E-state index contributed by atoms with van der Waals surface area (Å²) in [5, 5.41) is 0. The second kappa shape index (κ2) is 12.3. The van der Waals surface area contributed by atoms with Gasteiger partial charge in [-0.05, 0) is 71.3 Å². The molecule has 1 rings (SSSR count). The van der Waals surface area contributed by atoms with Crippen LogP contribution in [0.2, 0.25) is 0 Å². The molecule has 1 fully saturated rings. The van der Waals surface area contributed by atoms with Gasteiger partial charge in [0, 0.05) is 6.61 Å². The molecule has 1 unspecified atom stereocenters. The van der Waals surface area contributed by atoms with Crippen LogP contribution in [0.1, 0.15) is 65.7 Å². The summed E-state index contributed by atoms with van der Waals surface area (Å²) in [5.74, 6) is 0. The number of allylic oxidation sites excluding steroid dienone is 6. The van der Waals surface area contributed by atoms with Crippen LogP contribution < -0.4 is 0 Å². The summed E-state index contributed by atoms with van der Waals surface area (Å²) in [5.41, 5.74) is 4.14. The highest BCUT2D eigenvalue weighted by atomic mass is 16.7. The molecular weight excluding hydrogens is 284 g/mol. The zero-order chi connectivity index (χ0) is 16.9. The summed E-state index contributed by atoms with van der Waals surface area (Å²) in [6.07, 6.45) is 16.3. The first-order valence-electron chi connectivity index (χ1n) is 8.94. The lowest BCUT2D eigenvalue weighted by Crippen LogP contribution is -2.23. The van der Waals surface area contributed by atoms with Gasteiger partial charge in [0.05, 0.1) is 6.61 Å². The predicted molar refractivity (Wildman–Crippen MR) is 99.5 cm³/mol. The third-order valence-electron chi connectivity index (χ3n) is 3.98. The molecule has 2 heteroatoms. The van der Waals surface area contributed by atoms with Crippen LogP contribution in [-0.2, 0) is 9.47 Å². The van der Waals surface area contributed by atoms with Crippen molar-refractivity contribution in [2.24, 2.45) is 0 Å². The van der Waals surface area contributed by atoms with E-state index in [0.29, 0.717) is 6.61 Å². The Kier molecular flexibility index (Phi) is 10.7. The third-order valence-corrected chi connectivity index (χ3v) is 3.98. The Bertz CT molecular complexity index is 419. The summed E-state index contributed by atoms with van der Waals surface area (Å²) < 4.78 is 11.6. The first-order chi connectivity index (χ1) is 11.1. The molecule has 0 aromatic carbocycles. The van der Waals surface area contributed by atoms with Crippen molar-refractivity contribution in [1.29, 1.82) is 0 Å². The smallest absolute Gasteiger partial charge is 0.158 e. The summed E-state index contributed by atoms with van der Waals surface area (Å²) in [6.45, 7) is 11.8. The minimum absolute atomic E-state index is 0.00185. The lowest BCUT2D eigenvalue weighted by Gasteiger charge is -2.23. The Morgan fingerprint density at radius 1 is 1.13 bits per heavy atom. The summed E-state index contributed by atoms with van der Waals surface area (Å²) >= 11 is 0. The van der Waals surface area contributed by atoms with Gasteiger partial charge in [-0.25, -0.2) is 0 Å². The molecule has 0 amide bonds. The first kappa shape index (κ1) is 19.9. The maximum atomic E-state index is 5.97. The van der Waals surface area contributed by atoms with Crippen molar-refractivity contribution >= 4 is 0 Å². The largest absolute Gasteiger partial charge is 0.353 e. The molecule has 0 aromatic rings. The van der Waals surface area contributed by atoms with E-state index >= 15 is 0 Å². The maximum Gasteiger partial charge on any atom is 0.158 e. The van der Waals surface area contributed by atoms with Crippen molar-refractivity contribution in [2.75, 3.05) is 13.2 Å². The minimum atomic E-state index is -0.00185. The van der Waals surface area contributed by atoms with Gasteiger partial charge in [-0.15, -0.1) is 0 Å². The number of hydrogen-bond donors (Lipinski definition) is 0. The molecule has 23 heavy (non-hydrogen) atoms. The number of hydrogen-bond acceptors (Lipinski definition) is 2. The van der Waals surface area contributed by atoms with E-state index in [9.17, 15) is 0 Å². The van der Waals surface area contributed by atoms with Crippen LogP contribution in [0.4, 0.5) is 0 Å². The van der Waals surface area contributed by atoms with E-state index in [2.05, 4.69) is 45.6 Å². The highest BCUT2D eigenvalue weighted by molar-refractivity contribution is 5.11. The second-order valence-electron chi connectivity index (χ2n) is 6.58. The van der Waals surface area contributed by atoms with E-state index in [-0.39, 0.29) is 6.29 Å². The van der Waals surface area contributed by atoms with Gasteiger partial charge in [0.15, 0.2) is 6.29 Å². The van der Waals surface area contributed by atoms with E-state index in [4.69, 9.17) is 9.47 Å². The quantitative estimate of drug-likeness (QED) is 0.357. The van der Waals surface area contributed by atoms with Gasteiger partial charge in [-0.2, -0.15) is 0 Å². The first-order valence-corrected chi connectivity index (χ1v) is 8.94. The fourth-order valence-electron chi connectivity index (χ4n) is 2.61. The standard InChI is InChI=1S/C21H34O2/c1-5-10-19(4)12-9-14-20(13-8-11-18(2)3)17-23-21-15-6-7-16-22-21/h5,10-11,14,21H,1,6-9,12-13,15-17H2,2-4H3/b19-10+,20-14+. The molecule has 1 aliphatic heterocycles. The zero-order valence-corrected chi connectivity index (χ0v) is 15.3. The van der Waals surface area contributed by atoms with E-state index in [1.165, 1.54) is 23.1 Å². The summed E-state index contributed by atoms with van der Waals surface area (Å²) in [7, 11) is 0.